The van der Waals surface area contributed by atoms with E-state index in [1.54, 1.807) is 17.6 Å². The third kappa shape index (κ3) is 2.45. The highest BCUT2D eigenvalue weighted by molar-refractivity contribution is 7.10. The molecule has 3 nitrogen and oxygen atoms in total. The predicted molar refractivity (Wildman–Crippen MR) is 75.2 cm³/mol. The molecule has 0 saturated heterocycles. The van der Waals surface area contributed by atoms with Gasteiger partial charge < -0.3 is 9.32 Å². The second-order valence-corrected chi connectivity index (χ2v) is 5.89. The second kappa shape index (κ2) is 5.21. The topological polar surface area (TPSA) is 33.5 Å². The number of rotatable bonds is 3. The fraction of sp³-hybridized carbons (Fsp3) is 0.400. The zero-order valence-electron chi connectivity index (χ0n) is 11.0. The summed E-state index contributed by atoms with van der Waals surface area (Å²) in [5.41, 5.74) is 1.32. The van der Waals surface area contributed by atoms with E-state index in [9.17, 15) is 4.79 Å². The summed E-state index contributed by atoms with van der Waals surface area (Å²) in [6.45, 7) is 2.96. The predicted octanol–water partition coefficient (Wildman–Crippen LogP) is 3.42. The van der Waals surface area contributed by atoms with Gasteiger partial charge in [0.15, 0.2) is 0 Å². The van der Waals surface area contributed by atoms with Crippen molar-refractivity contribution in [2.75, 3.05) is 6.54 Å². The van der Waals surface area contributed by atoms with Crippen LogP contribution in [0.1, 0.15) is 35.6 Å². The van der Waals surface area contributed by atoms with Crippen LogP contribution in [0.15, 0.2) is 34.3 Å². The minimum absolute atomic E-state index is 0.208. The van der Waals surface area contributed by atoms with Crippen LogP contribution < -0.4 is 0 Å². The van der Waals surface area contributed by atoms with Gasteiger partial charge in [0.2, 0.25) is 5.91 Å². The van der Waals surface area contributed by atoms with E-state index >= 15 is 0 Å². The van der Waals surface area contributed by atoms with Crippen LogP contribution in [0, 0.1) is 0 Å². The molecule has 0 aliphatic carbocycles. The lowest BCUT2D eigenvalue weighted by Gasteiger charge is -2.33. The highest BCUT2D eigenvalue weighted by atomic mass is 32.1. The maximum Gasteiger partial charge on any atom is 0.223 e. The standard InChI is InChI=1S/C15H17NO2S/c1-11-13-7-10-19-14(13)6-8-16(11)15(17)5-4-12-3-2-9-18-12/h2-3,7,9-11H,4-6,8H2,1H3/t11-/m1/s1. The average Bonchev–Trinajstić information content (AvgIpc) is 3.07. The van der Waals surface area contributed by atoms with Gasteiger partial charge in [-0.05, 0) is 42.5 Å². The van der Waals surface area contributed by atoms with Crippen molar-refractivity contribution in [3.8, 4) is 0 Å². The maximum absolute atomic E-state index is 12.3. The molecule has 0 unspecified atom stereocenters. The van der Waals surface area contributed by atoms with Crippen molar-refractivity contribution in [1.29, 1.82) is 0 Å². The summed E-state index contributed by atoms with van der Waals surface area (Å²) in [6.07, 6.45) is 3.85. The van der Waals surface area contributed by atoms with Gasteiger partial charge in [-0.15, -0.1) is 11.3 Å². The summed E-state index contributed by atoms with van der Waals surface area (Å²) in [5, 5.41) is 2.12. The molecule has 2 aromatic rings. The molecule has 1 amide bonds. The molecule has 100 valence electrons. The van der Waals surface area contributed by atoms with Crippen LogP contribution >= 0.6 is 11.3 Å². The smallest absolute Gasteiger partial charge is 0.223 e. The fourth-order valence-corrected chi connectivity index (χ4v) is 3.64. The van der Waals surface area contributed by atoms with Gasteiger partial charge in [0.1, 0.15) is 5.76 Å². The van der Waals surface area contributed by atoms with Crippen molar-refractivity contribution < 1.29 is 9.21 Å². The maximum atomic E-state index is 12.3. The van der Waals surface area contributed by atoms with Gasteiger partial charge in [-0.25, -0.2) is 0 Å². The zero-order chi connectivity index (χ0) is 13.2. The van der Waals surface area contributed by atoms with E-state index in [2.05, 4.69) is 18.4 Å². The molecule has 4 heteroatoms. The second-order valence-electron chi connectivity index (χ2n) is 4.89. The highest BCUT2D eigenvalue weighted by Crippen LogP contribution is 2.33. The number of hydrogen-bond donors (Lipinski definition) is 0. The van der Waals surface area contributed by atoms with Gasteiger partial charge in [0.25, 0.3) is 0 Å². The monoisotopic (exact) mass is 275 g/mol. The molecule has 0 N–H and O–H groups in total. The summed E-state index contributed by atoms with van der Waals surface area (Å²) >= 11 is 1.80. The van der Waals surface area contributed by atoms with E-state index in [1.165, 1.54) is 10.4 Å². The summed E-state index contributed by atoms with van der Waals surface area (Å²) in [7, 11) is 0. The minimum Gasteiger partial charge on any atom is -0.469 e. The average molecular weight is 275 g/mol. The number of furan rings is 1. The Bertz CT molecular complexity index is 558. The molecular formula is C15H17NO2S. The van der Waals surface area contributed by atoms with Crippen LogP contribution in [-0.4, -0.2) is 17.4 Å². The molecule has 1 atom stereocenters. The van der Waals surface area contributed by atoms with Crippen LogP contribution in [0.25, 0.3) is 0 Å². The van der Waals surface area contributed by atoms with Crippen LogP contribution in [0.5, 0.6) is 0 Å². The molecule has 3 heterocycles. The van der Waals surface area contributed by atoms with Gasteiger partial charge in [-0.3, -0.25) is 4.79 Å². The third-order valence-electron chi connectivity index (χ3n) is 3.76. The number of nitrogens with zero attached hydrogens (tertiary/aromatic N) is 1. The molecule has 3 rings (SSSR count). The third-order valence-corrected chi connectivity index (χ3v) is 4.76. The lowest BCUT2D eigenvalue weighted by molar-refractivity contribution is -0.133. The summed E-state index contributed by atoms with van der Waals surface area (Å²) in [4.78, 5) is 15.8. The molecule has 1 aliphatic heterocycles. The number of fused-ring (bicyclic) bond motifs is 1. The molecule has 1 aliphatic rings. The van der Waals surface area contributed by atoms with Crippen molar-refractivity contribution >= 4 is 17.2 Å². The van der Waals surface area contributed by atoms with E-state index < -0.39 is 0 Å². The molecule has 19 heavy (non-hydrogen) atoms. The Hall–Kier alpha value is -1.55. The zero-order valence-corrected chi connectivity index (χ0v) is 11.8. The van der Waals surface area contributed by atoms with E-state index in [0.29, 0.717) is 12.8 Å². The van der Waals surface area contributed by atoms with Gasteiger partial charge in [0.05, 0.1) is 12.3 Å². The van der Waals surface area contributed by atoms with Crippen LogP contribution in [0.2, 0.25) is 0 Å². The first-order valence-corrected chi connectivity index (χ1v) is 7.52. The van der Waals surface area contributed by atoms with Crippen molar-refractivity contribution in [1.82, 2.24) is 4.90 Å². The van der Waals surface area contributed by atoms with E-state index in [-0.39, 0.29) is 11.9 Å². The molecule has 2 aromatic heterocycles. The van der Waals surface area contributed by atoms with Crippen molar-refractivity contribution in [3.63, 3.8) is 0 Å². The van der Waals surface area contributed by atoms with Gasteiger partial charge in [-0.1, -0.05) is 0 Å². The molecule has 0 saturated carbocycles. The highest BCUT2D eigenvalue weighted by Gasteiger charge is 2.27. The first kappa shape index (κ1) is 12.5. The van der Waals surface area contributed by atoms with Crippen molar-refractivity contribution in [2.45, 2.75) is 32.2 Å². The number of thiophene rings is 1. The SMILES string of the molecule is C[C@@H]1c2ccsc2CCN1C(=O)CCc1ccco1. The van der Waals surface area contributed by atoms with Gasteiger partial charge >= 0.3 is 0 Å². The number of carbonyl (C=O) groups is 1. The molecule has 0 aromatic carbocycles. The Morgan fingerprint density at radius 2 is 2.42 bits per heavy atom. The Kier molecular flexibility index (Phi) is 3.42. The first-order chi connectivity index (χ1) is 9.25. The normalized spacial score (nSPS) is 18.4. The number of hydrogen-bond acceptors (Lipinski definition) is 3. The Morgan fingerprint density at radius 1 is 1.53 bits per heavy atom. The van der Waals surface area contributed by atoms with E-state index in [0.717, 1.165) is 18.7 Å². The molecule has 0 spiro atoms. The van der Waals surface area contributed by atoms with E-state index in [4.69, 9.17) is 4.42 Å². The van der Waals surface area contributed by atoms with E-state index in [1.807, 2.05) is 17.0 Å². The quantitative estimate of drug-likeness (QED) is 0.860. The largest absolute Gasteiger partial charge is 0.469 e. The molecular weight excluding hydrogens is 258 g/mol. The fourth-order valence-electron chi connectivity index (χ4n) is 2.68. The molecule has 0 fully saturated rings. The summed E-state index contributed by atoms with van der Waals surface area (Å²) < 4.78 is 5.27. The number of aryl methyl sites for hydroxylation is 1. The van der Waals surface area contributed by atoms with Crippen LogP contribution in [-0.2, 0) is 17.6 Å². The Balaban J connectivity index is 1.65. The minimum atomic E-state index is 0.208. The lowest BCUT2D eigenvalue weighted by atomic mass is 10.0. The van der Waals surface area contributed by atoms with Crippen molar-refractivity contribution in [3.05, 3.63) is 46.0 Å². The summed E-state index contributed by atoms with van der Waals surface area (Å²) in [5.74, 6) is 1.11. The Morgan fingerprint density at radius 3 is 3.21 bits per heavy atom. The first-order valence-electron chi connectivity index (χ1n) is 6.64. The van der Waals surface area contributed by atoms with Gasteiger partial charge in [0, 0.05) is 24.3 Å². The number of amides is 1. The lowest BCUT2D eigenvalue weighted by Crippen LogP contribution is -2.38. The summed E-state index contributed by atoms with van der Waals surface area (Å²) in [6, 6.07) is 6.14. The van der Waals surface area contributed by atoms with Crippen LogP contribution in [0.3, 0.4) is 0 Å². The molecule has 0 bridgehead atoms. The van der Waals surface area contributed by atoms with Gasteiger partial charge in [-0.2, -0.15) is 0 Å². The van der Waals surface area contributed by atoms with Crippen LogP contribution in [0.4, 0.5) is 0 Å². The number of carbonyl (C=O) groups excluding carboxylic acids is 1. The molecule has 0 radical (unpaired) electrons. The van der Waals surface area contributed by atoms with Crippen molar-refractivity contribution in [2.24, 2.45) is 0 Å². The Labute approximate surface area is 116 Å².